The number of aliphatic hydroxyl groups is 1. The molecule has 84 valence electrons. The number of carboxylic acid groups (broad SMARTS) is 1. The molecule has 1 rings (SSSR count). The molecule has 0 bridgehead atoms. The number of carbonyl (C=O) groups is 1. The second-order valence-corrected chi connectivity index (χ2v) is 4.30. The van der Waals surface area contributed by atoms with Gasteiger partial charge >= 0.3 is 5.97 Å². The standard InChI is InChI=1S/C6H9N3O5S/c10-3-4(6(11)12)9-15(13,14)5-1-2-7-8-5/h1-2,4,9-10H,3H2,(H,7,8)(H,11,12). The van der Waals surface area contributed by atoms with Crippen molar-refractivity contribution in [2.75, 3.05) is 6.61 Å². The molecule has 0 aliphatic rings. The Labute approximate surface area is 85.0 Å². The molecule has 0 saturated carbocycles. The summed E-state index contributed by atoms with van der Waals surface area (Å²) in [5.41, 5.74) is 0. The Bertz CT molecular complexity index is 426. The third-order valence-corrected chi connectivity index (χ3v) is 2.94. The topological polar surface area (TPSA) is 132 Å². The molecule has 1 aromatic heterocycles. The van der Waals surface area contributed by atoms with Crippen molar-refractivity contribution in [3.63, 3.8) is 0 Å². The van der Waals surface area contributed by atoms with Gasteiger partial charge in [-0.25, -0.2) is 8.42 Å². The molecule has 9 heteroatoms. The molecule has 0 amide bonds. The van der Waals surface area contributed by atoms with Crippen molar-refractivity contribution in [1.82, 2.24) is 14.9 Å². The van der Waals surface area contributed by atoms with E-state index in [2.05, 4.69) is 10.2 Å². The van der Waals surface area contributed by atoms with Gasteiger partial charge in [-0.05, 0) is 6.07 Å². The molecule has 8 nitrogen and oxygen atoms in total. The maximum absolute atomic E-state index is 11.4. The summed E-state index contributed by atoms with van der Waals surface area (Å²) >= 11 is 0. The molecule has 0 aliphatic carbocycles. The van der Waals surface area contributed by atoms with E-state index in [1.54, 1.807) is 4.72 Å². The second-order valence-electron chi connectivity index (χ2n) is 2.62. The summed E-state index contributed by atoms with van der Waals surface area (Å²) in [5.74, 6) is -1.46. The number of aromatic nitrogens is 2. The van der Waals surface area contributed by atoms with Gasteiger partial charge in [0.05, 0.1) is 12.8 Å². The molecule has 0 aliphatic heterocycles. The third-order valence-electron chi connectivity index (χ3n) is 1.54. The van der Waals surface area contributed by atoms with Crippen molar-refractivity contribution in [2.24, 2.45) is 0 Å². The van der Waals surface area contributed by atoms with E-state index in [1.165, 1.54) is 12.3 Å². The van der Waals surface area contributed by atoms with E-state index >= 15 is 0 Å². The molecule has 15 heavy (non-hydrogen) atoms. The lowest BCUT2D eigenvalue weighted by molar-refractivity contribution is -0.139. The highest BCUT2D eigenvalue weighted by molar-refractivity contribution is 7.89. The Balaban J connectivity index is 2.86. The zero-order valence-corrected chi connectivity index (χ0v) is 8.23. The molecule has 1 unspecified atom stereocenters. The molecule has 1 atom stereocenters. The number of aliphatic hydroxyl groups excluding tert-OH is 1. The van der Waals surface area contributed by atoms with Crippen LogP contribution in [0.4, 0.5) is 0 Å². The molecule has 0 aromatic carbocycles. The van der Waals surface area contributed by atoms with E-state index in [9.17, 15) is 13.2 Å². The van der Waals surface area contributed by atoms with Crippen molar-refractivity contribution in [2.45, 2.75) is 11.1 Å². The second kappa shape index (κ2) is 4.38. The van der Waals surface area contributed by atoms with Gasteiger partial charge in [-0.1, -0.05) is 0 Å². The zero-order chi connectivity index (χ0) is 11.5. The molecule has 1 aromatic rings. The Morgan fingerprint density at radius 3 is 2.73 bits per heavy atom. The first-order valence-corrected chi connectivity index (χ1v) is 5.31. The molecule has 4 N–H and O–H groups in total. The Morgan fingerprint density at radius 1 is 1.67 bits per heavy atom. The number of hydrogen-bond donors (Lipinski definition) is 4. The molecular weight excluding hydrogens is 226 g/mol. The van der Waals surface area contributed by atoms with Crippen molar-refractivity contribution in [3.05, 3.63) is 12.3 Å². The van der Waals surface area contributed by atoms with Gasteiger partial charge < -0.3 is 10.2 Å². The highest BCUT2D eigenvalue weighted by Crippen LogP contribution is 2.03. The lowest BCUT2D eigenvalue weighted by Gasteiger charge is -2.10. The third kappa shape index (κ3) is 2.75. The number of hydrogen-bond acceptors (Lipinski definition) is 5. The van der Waals surface area contributed by atoms with Gasteiger partial charge in [0.2, 0.25) is 0 Å². The predicted octanol–water partition coefficient (Wildman–Crippen LogP) is -1.87. The van der Waals surface area contributed by atoms with Crippen LogP contribution in [0.25, 0.3) is 0 Å². The van der Waals surface area contributed by atoms with Crippen LogP contribution in [0.1, 0.15) is 0 Å². The van der Waals surface area contributed by atoms with E-state index in [0.717, 1.165) is 0 Å². The molecule has 0 saturated heterocycles. The quantitative estimate of drug-likeness (QED) is 0.472. The average molecular weight is 235 g/mol. The van der Waals surface area contributed by atoms with Crippen LogP contribution in [0, 0.1) is 0 Å². The van der Waals surface area contributed by atoms with E-state index in [0.29, 0.717) is 0 Å². The largest absolute Gasteiger partial charge is 0.480 e. The Morgan fingerprint density at radius 2 is 2.33 bits per heavy atom. The highest BCUT2D eigenvalue weighted by atomic mass is 32.2. The SMILES string of the molecule is O=C(O)C(CO)NS(=O)(=O)c1ccn[nH]1. The average Bonchev–Trinajstić information content (AvgIpc) is 2.67. The fraction of sp³-hybridized carbons (Fsp3) is 0.333. The van der Waals surface area contributed by atoms with Crippen LogP contribution in [0.2, 0.25) is 0 Å². The first-order valence-electron chi connectivity index (χ1n) is 3.82. The number of nitrogens with one attached hydrogen (secondary N) is 2. The smallest absolute Gasteiger partial charge is 0.324 e. The monoisotopic (exact) mass is 235 g/mol. The first kappa shape index (κ1) is 11.6. The van der Waals surface area contributed by atoms with Gasteiger partial charge in [0.25, 0.3) is 10.0 Å². The molecule has 1 heterocycles. The summed E-state index contributed by atoms with van der Waals surface area (Å²) in [6.07, 6.45) is 1.21. The Kier molecular flexibility index (Phi) is 3.39. The van der Waals surface area contributed by atoms with E-state index in [1.807, 2.05) is 0 Å². The van der Waals surface area contributed by atoms with Crippen LogP contribution in [0.3, 0.4) is 0 Å². The number of aliphatic carboxylic acids is 1. The van der Waals surface area contributed by atoms with Crippen molar-refractivity contribution in [3.8, 4) is 0 Å². The molecule has 0 fully saturated rings. The van der Waals surface area contributed by atoms with Crippen molar-refractivity contribution in [1.29, 1.82) is 0 Å². The maximum atomic E-state index is 11.4. The predicted molar refractivity (Wildman–Crippen MR) is 47.4 cm³/mol. The van der Waals surface area contributed by atoms with Crippen LogP contribution < -0.4 is 4.72 Å². The lowest BCUT2D eigenvalue weighted by atomic mass is 10.3. The maximum Gasteiger partial charge on any atom is 0.324 e. The number of nitrogens with zero attached hydrogens (tertiary/aromatic N) is 1. The molecule has 0 spiro atoms. The minimum Gasteiger partial charge on any atom is -0.480 e. The van der Waals surface area contributed by atoms with E-state index in [4.69, 9.17) is 10.2 Å². The molecular formula is C6H9N3O5S. The summed E-state index contributed by atoms with van der Waals surface area (Å²) < 4.78 is 24.6. The Hall–Kier alpha value is -1.45. The van der Waals surface area contributed by atoms with Crippen molar-refractivity contribution < 1.29 is 23.4 Å². The first-order chi connectivity index (χ1) is 6.97. The number of sulfonamides is 1. The van der Waals surface area contributed by atoms with Crippen LogP contribution in [-0.4, -0.2) is 47.4 Å². The van der Waals surface area contributed by atoms with Gasteiger partial charge in [-0.2, -0.15) is 9.82 Å². The van der Waals surface area contributed by atoms with Gasteiger partial charge in [0, 0.05) is 0 Å². The summed E-state index contributed by atoms with van der Waals surface area (Å²) in [6.45, 7) is -0.831. The lowest BCUT2D eigenvalue weighted by Crippen LogP contribution is -2.43. The number of aromatic amines is 1. The van der Waals surface area contributed by atoms with Crippen LogP contribution >= 0.6 is 0 Å². The van der Waals surface area contributed by atoms with Gasteiger partial charge in [-0.3, -0.25) is 9.89 Å². The number of carboxylic acids is 1. The minimum atomic E-state index is -3.98. The normalized spacial score (nSPS) is 13.7. The van der Waals surface area contributed by atoms with Crippen LogP contribution in [0.15, 0.2) is 17.3 Å². The zero-order valence-electron chi connectivity index (χ0n) is 7.41. The van der Waals surface area contributed by atoms with Gasteiger partial charge in [-0.15, -0.1) is 0 Å². The summed E-state index contributed by atoms with van der Waals surface area (Å²) in [5, 5.41) is 22.5. The van der Waals surface area contributed by atoms with E-state index < -0.39 is 28.6 Å². The van der Waals surface area contributed by atoms with Crippen LogP contribution in [0.5, 0.6) is 0 Å². The summed E-state index contributed by atoms with van der Waals surface area (Å²) in [7, 11) is -3.98. The number of H-pyrrole nitrogens is 1. The highest BCUT2D eigenvalue weighted by Gasteiger charge is 2.25. The van der Waals surface area contributed by atoms with Crippen LogP contribution in [-0.2, 0) is 14.8 Å². The van der Waals surface area contributed by atoms with E-state index in [-0.39, 0.29) is 5.03 Å². The fourth-order valence-electron chi connectivity index (χ4n) is 0.809. The van der Waals surface area contributed by atoms with Crippen molar-refractivity contribution >= 4 is 16.0 Å². The summed E-state index contributed by atoms with van der Waals surface area (Å²) in [4.78, 5) is 10.5. The minimum absolute atomic E-state index is 0.262. The van der Waals surface area contributed by atoms with Gasteiger partial charge in [0.1, 0.15) is 6.04 Å². The fourth-order valence-corrected chi connectivity index (χ4v) is 1.90. The number of rotatable bonds is 5. The summed E-state index contributed by atoms with van der Waals surface area (Å²) in [6, 6.07) is -0.406. The van der Waals surface area contributed by atoms with Gasteiger partial charge in [0.15, 0.2) is 5.03 Å². The molecule has 0 radical (unpaired) electrons.